The highest BCUT2D eigenvalue weighted by Crippen LogP contribution is 2.19. The zero-order chi connectivity index (χ0) is 9.80. The van der Waals surface area contributed by atoms with Gasteiger partial charge in [0.05, 0.1) is 19.4 Å². The van der Waals surface area contributed by atoms with Crippen LogP contribution in [-0.4, -0.2) is 24.3 Å². The van der Waals surface area contributed by atoms with Crippen LogP contribution in [0.1, 0.15) is 12.0 Å². The van der Waals surface area contributed by atoms with Crippen LogP contribution in [0.25, 0.3) is 0 Å². The molecule has 0 amide bonds. The normalized spacial score (nSPS) is 21.1. The highest BCUT2D eigenvalue weighted by atomic mass is 16.5. The smallest absolute Gasteiger partial charge is 0.142 e. The van der Waals surface area contributed by atoms with Crippen molar-refractivity contribution < 1.29 is 9.47 Å². The van der Waals surface area contributed by atoms with E-state index >= 15 is 0 Å². The lowest BCUT2D eigenvalue weighted by Crippen LogP contribution is -2.17. The molecule has 1 aromatic heterocycles. The average molecular weight is 194 g/mol. The third kappa shape index (κ3) is 2.02. The molecule has 0 aromatic carbocycles. The third-order valence-corrected chi connectivity index (χ3v) is 2.27. The number of aromatic nitrogens is 1. The molecule has 1 saturated heterocycles. The molecule has 0 aliphatic carbocycles. The maximum atomic E-state index is 5.73. The van der Waals surface area contributed by atoms with E-state index in [1.165, 1.54) is 0 Å². The van der Waals surface area contributed by atoms with E-state index in [0.29, 0.717) is 13.2 Å². The lowest BCUT2D eigenvalue weighted by molar-refractivity contribution is 0.140. The van der Waals surface area contributed by atoms with Crippen LogP contribution in [0.4, 0.5) is 0 Å². The summed E-state index contributed by atoms with van der Waals surface area (Å²) in [6.45, 7) is 1.92. The molecule has 2 N–H and O–H groups in total. The number of pyridine rings is 1. The van der Waals surface area contributed by atoms with Crippen LogP contribution >= 0.6 is 0 Å². The Bertz CT molecular complexity index is 298. The van der Waals surface area contributed by atoms with Gasteiger partial charge in [0.15, 0.2) is 0 Å². The topological polar surface area (TPSA) is 57.4 Å². The first-order valence-electron chi connectivity index (χ1n) is 4.77. The SMILES string of the molecule is NCc1ccncc1OC1CCOC1. The van der Waals surface area contributed by atoms with Crippen LogP contribution in [-0.2, 0) is 11.3 Å². The zero-order valence-corrected chi connectivity index (χ0v) is 7.98. The minimum Gasteiger partial charge on any atom is -0.486 e. The van der Waals surface area contributed by atoms with E-state index in [4.69, 9.17) is 15.2 Å². The molecule has 0 bridgehead atoms. The fourth-order valence-corrected chi connectivity index (χ4v) is 1.47. The Labute approximate surface area is 83.0 Å². The van der Waals surface area contributed by atoms with Crippen molar-refractivity contribution in [2.24, 2.45) is 5.73 Å². The molecule has 1 aliphatic heterocycles. The van der Waals surface area contributed by atoms with Crippen LogP contribution in [0.5, 0.6) is 5.75 Å². The molecule has 1 aromatic rings. The minimum absolute atomic E-state index is 0.157. The maximum absolute atomic E-state index is 5.73. The monoisotopic (exact) mass is 194 g/mol. The first kappa shape index (κ1) is 9.43. The molecule has 4 heteroatoms. The molecule has 1 unspecified atom stereocenters. The highest BCUT2D eigenvalue weighted by Gasteiger charge is 2.18. The van der Waals surface area contributed by atoms with Crippen LogP contribution < -0.4 is 10.5 Å². The molecule has 0 spiro atoms. The summed E-state index contributed by atoms with van der Waals surface area (Å²) in [5.74, 6) is 0.783. The third-order valence-electron chi connectivity index (χ3n) is 2.27. The standard InChI is InChI=1S/C10H14N2O2/c11-5-8-1-3-12-6-10(8)14-9-2-4-13-7-9/h1,3,6,9H,2,4-5,7,11H2. The molecular formula is C10H14N2O2. The van der Waals surface area contributed by atoms with Crippen molar-refractivity contribution in [3.8, 4) is 5.75 Å². The molecule has 76 valence electrons. The van der Waals surface area contributed by atoms with Crippen molar-refractivity contribution in [2.75, 3.05) is 13.2 Å². The predicted octanol–water partition coefficient (Wildman–Crippen LogP) is 0.708. The molecule has 0 radical (unpaired) electrons. The fourth-order valence-electron chi connectivity index (χ4n) is 1.47. The van der Waals surface area contributed by atoms with E-state index in [1.54, 1.807) is 12.4 Å². The predicted molar refractivity (Wildman–Crippen MR) is 52.0 cm³/mol. The number of nitrogens with zero attached hydrogens (tertiary/aromatic N) is 1. The Morgan fingerprint density at radius 3 is 3.29 bits per heavy atom. The van der Waals surface area contributed by atoms with E-state index in [1.807, 2.05) is 6.07 Å². The van der Waals surface area contributed by atoms with Crippen molar-refractivity contribution in [1.82, 2.24) is 4.98 Å². The van der Waals surface area contributed by atoms with Crippen molar-refractivity contribution in [2.45, 2.75) is 19.1 Å². The van der Waals surface area contributed by atoms with Crippen LogP contribution in [0, 0.1) is 0 Å². The quantitative estimate of drug-likeness (QED) is 0.769. The van der Waals surface area contributed by atoms with E-state index in [2.05, 4.69) is 4.98 Å². The molecule has 1 fully saturated rings. The number of hydrogen-bond donors (Lipinski definition) is 1. The first-order chi connectivity index (χ1) is 6.90. The molecule has 2 rings (SSSR count). The number of rotatable bonds is 3. The van der Waals surface area contributed by atoms with Gasteiger partial charge in [0.25, 0.3) is 0 Å². The number of nitrogens with two attached hydrogens (primary N) is 1. The average Bonchev–Trinajstić information content (AvgIpc) is 2.71. The summed E-state index contributed by atoms with van der Waals surface area (Å²) in [5.41, 5.74) is 6.58. The maximum Gasteiger partial charge on any atom is 0.142 e. The van der Waals surface area contributed by atoms with Crippen molar-refractivity contribution in [1.29, 1.82) is 0 Å². The molecule has 0 saturated carbocycles. The Balaban J connectivity index is 2.07. The van der Waals surface area contributed by atoms with E-state index < -0.39 is 0 Å². The lowest BCUT2D eigenvalue weighted by atomic mass is 10.2. The van der Waals surface area contributed by atoms with Gasteiger partial charge in [-0.2, -0.15) is 0 Å². The summed E-state index contributed by atoms with van der Waals surface area (Å²) in [4.78, 5) is 4.01. The minimum atomic E-state index is 0.157. The van der Waals surface area contributed by atoms with Gasteiger partial charge in [-0.3, -0.25) is 4.98 Å². The summed E-state index contributed by atoms with van der Waals surface area (Å²) in [7, 11) is 0. The van der Waals surface area contributed by atoms with Gasteiger partial charge in [0.1, 0.15) is 11.9 Å². The van der Waals surface area contributed by atoms with Gasteiger partial charge < -0.3 is 15.2 Å². The Kier molecular flexibility index (Phi) is 2.96. The van der Waals surface area contributed by atoms with Crippen molar-refractivity contribution in [3.05, 3.63) is 24.0 Å². The lowest BCUT2D eigenvalue weighted by Gasteiger charge is -2.13. The number of hydrogen-bond acceptors (Lipinski definition) is 4. The van der Waals surface area contributed by atoms with Gasteiger partial charge in [-0.25, -0.2) is 0 Å². The van der Waals surface area contributed by atoms with Gasteiger partial charge in [-0.1, -0.05) is 0 Å². The molecular weight excluding hydrogens is 180 g/mol. The second-order valence-electron chi connectivity index (χ2n) is 3.29. The molecule has 1 atom stereocenters. The van der Waals surface area contributed by atoms with Crippen LogP contribution in [0.3, 0.4) is 0 Å². The highest BCUT2D eigenvalue weighted by molar-refractivity contribution is 5.29. The van der Waals surface area contributed by atoms with Crippen LogP contribution in [0.15, 0.2) is 18.5 Å². The largest absolute Gasteiger partial charge is 0.486 e. The summed E-state index contributed by atoms with van der Waals surface area (Å²) < 4.78 is 11.0. The number of ether oxygens (including phenoxy) is 2. The van der Waals surface area contributed by atoms with Gasteiger partial charge in [-0.05, 0) is 6.07 Å². The molecule has 1 aliphatic rings. The second-order valence-corrected chi connectivity index (χ2v) is 3.29. The molecule has 2 heterocycles. The summed E-state index contributed by atoms with van der Waals surface area (Å²) >= 11 is 0. The molecule has 14 heavy (non-hydrogen) atoms. The Morgan fingerprint density at radius 1 is 1.64 bits per heavy atom. The summed E-state index contributed by atoms with van der Waals surface area (Å²) in [6.07, 6.45) is 4.53. The van der Waals surface area contributed by atoms with E-state index in [9.17, 15) is 0 Å². The summed E-state index contributed by atoms with van der Waals surface area (Å²) in [5, 5.41) is 0. The van der Waals surface area contributed by atoms with Crippen molar-refractivity contribution >= 4 is 0 Å². The van der Waals surface area contributed by atoms with Gasteiger partial charge in [0.2, 0.25) is 0 Å². The van der Waals surface area contributed by atoms with Crippen molar-refractivity contribution in [3.63, 3.8) is 0 Å². The Hall–Kier alpha value is -1.13. The van der Waals surface area contributed by atoms with Gasteiger partial charge in [0, 0.05) is 24.7 Å². The zero-order valence-electron chi connectivity index (χ0n) is 7.98. The van der Waals surface area contributed by atoms with E-state index in [-0.39, 0.29) is 6.10 Å². The van der Waals surface area contributed by atoms with E-state index in [0.717, 1.165) is 24.3 Å². The second kappa shape index (κ2) is 4.39. The van der Waals surface area contributed by atoms with Crippen LogP contribution in [0.2, 0.25) is 0 Å². The molecule has 4 nitrogen and oxygen atoms in total. The Morgan fingerprint density at radius 2 is 2.57 bits per heavy atom. The summed E-state index contributed by atoms with van der Waals surface area (Å²) in [6, 6.07) is 1.88. The fraction of sp³-hybridized carbons (Fsp3) is 0.500. The van der Waals surface area contributed by atoms with Gasteiger partial charge >= 0.3 is 0 Å². The van der Waals surface area contributed by atoms with Gasteiger partial charge in [-0.15, -0.1) is 0 Å². The first-order valence-corrected chi connectivity index (χ1v) is 4.77.